The second-order valence-corrected chi connectivity index (χ2v) is 5.56. The molecular formula is C16H22FNO. The summed E-state index contributed by atoms with van der Waals surface area (Å²) in [6.07, 6.45) is 4.28. The lowest BCUT2D eigenvalue weighted by Crippen LogP contribution is -2.27. The van der Waals surface area contributed by atoms with Crippen molar-refractivity contribution in [2.24, 2.45) is 5.92 Å². The van der Waals surface area contributed by atoms with Gasteiger partial charge in [0.05, 0.1) is 0 Å². The van der Waals surface area contributed by atoms with Gasteiger partial charge in [0.25, 0.3) is 0 Å². The van der Waals surface area contributed by atoms with Crippen LogP contribution in [0.25, 0.3) is 0 Å². The van der Waals surface area contributed by atoms with E-state index in [4.69, 9.17) is 0 Å². The molecule has 2 nitrogen and oxygen atoms in total. The van der Waals surface area contributed by atoms with E-state index >= 15 is 0 Å². The largest absolute Gasteiger partial charge is 0.303 e. The van der Waals surface area contributed by atoms with Gasteiger partial charge in [-0.25, -0.2) is 4.39 Å². The maximum Gasteiger partial charge on any atom is 0.164 e. The molecule has 104 valence electrons. The van der Waals surface area contributed by atoms with E-state index in [1.807, 2.05) is 0 Å². The molecule has 1 saturated heterocycles. The molecule has 19 heavy (non-hydrogen) atoms. The summed E-state index contributed by atoms with van der Waals surface area (Å²) < 4.78 is 12.8. The predicted molar refractivity (Wildman–Crippen MR) is 74.8 cm³/mol. The van der Waals surface area contributed by atoms with E-state index in [9.17, 15) is 9.18 Å². The van der Waals surface area contributed by atoms with Gasteiger partial charge in [0.15, 0.2) is 5.78 Å². The first-order valence-electron chi connectivity index (χ1n) is 7.16. The Balaban J connectivity index is 1.81. The van der Waals surface area contributed by atoms with E-state index in [1.54, 1.807) is 12.1 Å². The third kappa shape index (κ3) is 4.43. The summed E-state index contributed by atoms with van der Waals surface area (Å²) >= 11 is 0. The van der Waals surface area contributed by atoms with Crippen LogP contribution in [0.3, 0.4) is 0 Å². The minimum atomic E-state index is -0.293. The minimum absolute atomic E-state index is 0.109. The van der Waals surface area contributed by atoms with E-state index in [-0.39, 0.29) is 11.6 Å². The van der Waals surface area contributed by atoms with Gasteiger partial charge < -0.3 is 4.90 Å². The fourth-order valence-electron chi connectivity index (χ4n) is 2.59. The van der Waals surface area contributed by atoms with Crippen LogP contribution in [0.2, 0.25) is 0 Å². The fraction of sp³-hybridized carbons (Fsp3) is 0.562. The average molecular weight is 263 g/mol. The van der Waals surface area contributed by atoms with Gasteiger partial charge in [-0.2, -0.15) is 0 Å². The Labute approximate surface area is 114 Å². The number of carbonyl (C=O) groups is 1. The van der Waals surface area contributed by atoms with Crippen LogP contribution in [0, 0.1) is 11.7 Å². The van der Waals surface area contributed by atoms with Crippen molar-refractivity contribution in [3.63, 3.8) is 0 Å². The highest BCUT2D eigenvalue weighted by atomic mass is 19.1. The van der Waals surface area contributed by atoms with Gasteiger partial charge in [0, 0.05) is 18.5 Å². The van der Waals surface area contributed by atoms with Crippen LogP contribution in [0.15, 0.2) is 24.3 Å². The van der Waals surface area contributed by atoms with Gasteiger partial charge in [-0.05, 0) is 62.5 Å². The summed E-state index contributed by atoms with van der Waals surface area (Å²) in [5, 5.41) is 0. The van der Waals surface area contributed by atoms with Crippen LogP contribution in [0.4, 0.5) is 4.39 Å². The molecule has 1 aliphatic rings. The number of likely N-dealkylation sites (tertiary alicyclic amines) is 1. The molecule has 1 aromatic carbocycles. The lowest BCUT2D eigenvalue weighted by atomic mass is 10.0. The first-order valence-corrected chi connectivity index (χ1v) is 7.16. The molecule has 0 aromatic heterocycles. The lowest BCUT2D eigenvalue weighted by molar-refractivity contribution is 0.0964. The molecule has 0 radical (unpaired) electrons. The van der Waals surface area contributed by atoms with Crippen molar-refractivity contribution < 1.29 is 9.18 Å². The SMILES string of the molecule is CC1CCCN(CCC(=O)c2ccc(F)cc2)CC1. The normalized spacial score (nSPS) is 21.1. The van der Waals surface area contributed by atoms with Gasteiger partial charge in [-0.3, -0.25) is 4.79 Å². The van der Waals surface area contributed by atoms with E-state index in [2.05, 4.69) is 11.8 Å². The van der Waals surface area contributed by atoms with E-state index < -0.39 is 0 Å². The van der Waals surface area contributed by atoms with Gasteiger partial charge >= 0.3 is 0 Å². The highest BCUT2D eigenvalue weighted by Gasteiger charge is 2.15. The molecule has 1 aliphatic heterocycles. The Hall–Kier alpha value is -1.22. The molecule has 0 saturated carbocycles. The molecule has 3 heteroatoms. The number of hydrogen-bond acceptors (Lipinski definition) is 2. The van der Waals surface area contributed by atoms with Gasteiger partial charge in [-0.15, -0.1) is 0 Å². The Morgan fingerprint density at radius 3 is 2.74 bits per heavy atom. The number of benzene rings is 1. The van der Waals surface area contributed by atoms with Crippen molar-refractivity contribution in [1.82, 2.24) is 4.90 Å². The van der Waals surface area contributed by atoms with E-state index in [1.165, 1.54) is 31.4 Å². The standard InChI is InChI=1S/C16H22FNO/c1-13-3-2-10-18(11-8-13)12-9-16(19)14-4-6-15(17)7-5-14/h4-7,13H,2-3,8-12H2,1H3. The molecule has 1 unspecified atom stereocenters. The molecular weight excluding hydrogens is 241 g/mol. The van der Waals surface area contributed by atoms with E-state index in [0.29, 0.717) is 12.0 Å². The lowest BCUT2D eigenvalue weighted by Gasteiger charge is -2.19. The number of carbonyl (C=O) groups excluding carboxylic acids is 1. The summed E-state index contributed by atoms with van der Waals surface area (Å²) in [6, 6.07) is 5.84. The second-order valence-electron chi connectivity index (χ2n) is 5.56. The highest BCUT2D eigenvalue weighted by molar-refractivity contribution is 5.96. The number of hydrogen-bond donors (Lipinski definition) is 0. The Kier molecular flexibility index (Phi) is 5.08. The van der Waals surface area contributed by atoms with Crippen molar-refractivity contribution in [2.75, 3.05) is 19.6 Å². The monoisotopic (exact) mass is 263 g/mol. The van der Waals surface area contributed by atoms with Crippen LogP contribution in [0.5, 0.6) is 0 Å². The zero-order valence-corrected chi connectivity index (χ0v) is 11.6. The molecule has 1 fully saturated rings. The minimum Gasteiger partial charge on any atom is -0.303 e. The number of Topliss-reactive ketones (excluding diaryl/α,β-unsaturated/α-hetero) is 1. The molecule has 2 rings (SSSR count). The summed E-state index contributed by atoms with van der Waals surface area (Å²) in [5.41, 5.74) is 0.615. The molecule has 1 atom stereocenters. The summed E-state index contributed by atoms with van der Waals surface area (Å²) in [4.78, 5) is 14.4. The average Bonchev–Trinajstić information content (AvgIpc) is 2.61. The topological polar surface area (TPSA) is 20.3 Å². The van der Waals surface area contributed by atoms with Crippen LogP contribution in [0.1, 0.15) is 43.0 Å². The van der Waals surface area contributed by atoms with E-state index in [0.717, 1.165) is 25.6 Å². The zero-order valence-electron chi connectivity index (χ0n) is 11.6. The second kappa shape index (κ2) is 6.80. The van der Waals surface area contributed by atoms with Crippen LogP contribution in [-0.2, 0) is 0 Å². The third-order valence-electron chi connectivity index (χ3n) is 3.93. The molecule has 0 spiro atoms. The van der Waals surface area contributed by atoms with Gasteiger partial charge in [-0.1, -0.05) is 6.92 Å². The Bertz CT molecular complexity index is 415. The summed E-state index contributed by atoms with van der Waals surface area (Å²) in [6.45, 7) is 5.31. The fourth-order valence-corrected chi connectivity index (χ4v) is 2.59. The molecule has 0 aliphatic carbocycles. The van der Waals surface area contributed by atoms with Crippen molar-refractivity contribution in [1.29, 1.82) is 0 Å². The molecule has 0 amide bonds. The number of rotatable bonds is 4. The van der Waals surface area contributed by atoms with Gasteiger partial charge in [0.2, 0.25) is 0 Å². The van der Waals surface area contributed by atoms with Crippen LogP contribution < -0.4 is 0 Å². The smallest absolute Gasteiger partial charge is 0.164 e. The van der Waals surface area contributed by atoms with Crippen molar-refractivity contribution >= 4 is 5.78 Å². The van der Waals surface area contributed by atoms with Crippen LogP contribution >= 0.6 is 0 Å². The molecule has 1 aromatic rings. The van der Waals surface area contributed by atoms with Gasteiger partial charge in [0.1, 0.15) is 5.82 Å². The zero-order chi connectivity index (χ0) is 13.7. The maximum atomic E-state index is 12.8. The summed E-state index contributed by atoms with van der Waals surface area (Å²) in [7, 11) is 0. The first kappa shape index (κ1) is 14.2. The number of nitrogens with zero attached hydrogens (tertiary/aromatic N) is 1. The first-order chi connectivity index (χ1) is 9.15. The van der Waals surface area contributed by atoms with Crippen LogP contribution in [-0.4, -0.2) is 30.3 Å². The highest BCUT2D eigenvalue weighted by Crippen LogP contribution is 2.17. The number of ketones is 1. The molecule has 0 N–H and O–H groups in total. The molecule has 1 heterocycles. The quantitative estimate of drug-likeness (QED) is 0.775. The van der Waals surface area contributed by atoms with Crippen molar-refractivity contribution in [2.45, 2.75) is 32.6 Å². The number of halogens is 1. The van der Waals surface area contributed by atoms with Crippen molar-refractivity contribution in [3.05, 3.63) is 35.6 Å². The Morgan fingerprint density at radius 2 is 2.00 bits per heavy atom. The maximum absolute atomic E-state index is 12.8. The Morgan fingerprint density at radius 1 is 1.26 bits per heavy atom. The van der Waals surface area contributed by atoms with Crippen molar-refractivity contribution in [3.8, 4) is 0 Å². The molecule has 0 bridgehead atoms. The third-order valence-corrected chi connectivity index (χ3v) is 3.93. The summed E-state index contributed by atoms with van der Waals surface area (Å²) in [5.74, 6) is 0.619. The predicted octanol–water partition coefficient (Wildman–Crippen LogP) is 3.52.